The SMILES string of the molecule is COc1cc(N)c2nc[nH]c2c1. The van der Waals surface area contributed by atoms with Crippen LogP contribution in [0.5, 0.6) is 5.75 Å². The van der Waals surface area contributed by atoms with E-state index in [0.29, 0.717) is 5.69 Å². The highest BCUT2D eigenvalue weighted by molar-refractivity contribution is 5.88. The fourth-order valence-electron chi connectivity index (χ4n) is 1.17. The highest BCUT2D eigenvalue weighted by Crippen LogP contribution is 2.23. The summed E-state index contributed by atoms with van der Waals surface area (Å²) in [4.78, 5) is 7.02. The van der Waals surface area contributed by atoms with Crippen LogP contribution in [0.1, 0.15) is 0 Å². The number of H-pyrrole nitrogens is 1. The van der Waals surface area contributed by atoms with Gasteiger partial charge >= 0.3 is 0 Å². The highest BCUT2D eigenvalue weighted by atomic mass is 16.5. The number of aromatic nitrogens is 2. The number of rotatable bonds is 1. The van der Waals surface area contributed by atoms with E-state index in [2.05, 4.69) is 9.97 Å². The Morgan fingerprint density at radius 2 is 2.33 bits per heavy atom. The first-order valence-corrected chi connectivity index (χ1v) is 3.58. The number of benzene rings is 1. The topological polar surface area (TPSA) is 63.9 Å². The molecule has 4 nitrogen and oxygen atoms in total. The van der Waals surface area contributed by atoms with E-state index >= 15 is 0 Å². The number of nitrogens with zero attached hydrogens (tertiary/aromatic N) is 1. The Morgan fingerprint density at radius 3 is 3.08 bits per heavy atom. The van der Waals surface area contributed by atoms with Crippen LogP contribution in [0.25, 0.3) is 11.0 Å². The first-order chi connectivity index (χ1) is 5.81. The quantitative estimate of drug-likeness (QED) is 0.620. The molecule has 0 aliphatic carbocycles. The molecule has 0 aliphatic rings. The molecule has 2 aromatic rings. The summed E-state index contributed by atoms with van der Waals surface area (Å²) in [7, 11) is 1.61. The summed E-state index contributed by atoms with van der Waals surface area (Å²) < 4.78 is 5.04. The predicted octanol–water partition coefficient (Wildman–Crippen LogP) is 1.15. The maximum Gasteiger partial charge on any atom is 0.123 e. The second-order valence-electron chi connectivity index (χ2n) is 2.52. The summed E-state index contributed by atoms with van der Waals surface area (Å²) in [5, 5.41) is 0. The molecule has 0 radical (unpaired) electrons. The molecule has 1 aromatic carbocycles. The lowest BCUT2D eigenvalue weighted by Gasteiger charge is -2.00. The number of nitrogens with two attached hydrogens (primary N) is 1. The van der Waals surface area contributed by atoms with Gasteiger partial charge in [-0.2, -0.15) is 0 Å². The molecule has 3 N–H and O–H groups in total. The minimum absolute atomic E-state index is 0.630. The lowest BCUT2D eigenvalue weighted by atomic mass is 10.2. The van der Waals surface area contributed by atoms with Crippen molar-refractivity contribution in [1.29, 1.82) is 0 Å². The molecule has 0 unspecified atom stereocenters. The van der Waals surface area contributed by atoms with Crippen molar-refractivity contribution in [3.63, 3.8) is 0 Å². The van der Waals surface area contributed by atoms with Gasteiger partial charge in [0.05, 0.1) is 24.6 Å². The molecular formula is C8H9N3O. The number of nitrogens with one attached hydrogen (secondary N) is 1. The molecule has 0 aliphatic heterocycles. The minimum atomic E-state index is 0.630. The van der Waals surface area contributed by atoms with Crippen molar-refractivity contribution in [3.05, 3.63) is 18.5 Å². The van der Waals surface area contributed by atoms with Crippen molar-refractivity contribution in [2.45, 2.75) is 0 Å². The molecule has 0 spiro atoms. The minimum Gasteiger partial charge on any atom is -0.497 e. The van der Waals surface area contributed by atoms with Crippen molar-refractivity contribution in [2.24, 2.45) is 0 Å². The summed E-state index contributed by atoms with van der Waals surface area (Å²) in [6, 6.07) is 3.61. The monoisotopic (exact) mass is 163 g/mol. The average Bonchev–Trinajstić information content (AvgIpc) is 2.52. The van der Waals surface area contributed by atoms with Gasteiger partial charge in [0.15, 0.2) is 0 Å². The third-order valence-electron chi connectivity index (χ3n) is 1.76. The number of fused-ring (bicyclic) bond motifs is 1. The zero-order valence-electron chi connectivity index (χ0n) is 6.66. The van der Waals surface area contributed by atoms with Crippen LogP contribution in [-0.2, 0) is 0 Å². The van der Waals surface area contributed by atoms with Crippen LogP contribution in [0, 0.1) is 0 Å². The summed E-state index contributed by atoms with van der Waals surface area (Å²) in [5.41, 5.74) is 8.03. The number of hydrogen-bond acceptors (Lipinski definition) is 3. The van der Waals surface area contributed by atoms with Crippen molar-refractivity contribution in [3.8, 4) is 5.75 Å². The summed E-state index contributed by atoms with van der Waals surface area (Å²) >= 11 is 0. The van der Waals surface area contributed by atoms with Crippen molar-refractivity contribution in [1.82, 2.24) is 9.97 Å². The Balaban J connectivity index is 2.75. The summed E-state index contributed by atoms with van der Waals surface area (Å²) in [6.07, 6.45) is 1.61. The first kappa shape index (κ1) is 6.97. The third kappa shape index (κ3) is 0.887. The molecule has 1 aromatic heterocycles. The maximum atomic E-state index is 5.71. The van der Waals surface area contributed by atoms with Gasteiger partial charge in [-0.25, -0.2) is 4.98 Å². The van der Waals surface area contributed by atoms with E-state index in [4.69, 9.17) is 10.5 Å². The normalized spacial score (nSPS) is 10.4. The number of ether oxygens (including phenoxy) is 1. The van der Waals surface area contributed by atoms with Crippen LogP contribution < -0.4 is 10.5 Å². The molecule has 0 bridgehead atoms. The van der Waals surface area contributed by atoms with Gasteiger partial charge in [0.25, 0.3) is 0 Å². The van der Waals surface area contributed by atoms with Gasteiger partial charge in [0.2, 0.25) is 0 Å². The highest BCUT2D eigenvalue weighted by Gasteiger charge is 2.02. The van der Waals surface area contributed by atoms with Gasteiger partial charge in [-0.15, -0.1) is 0 Å². The molecule has 4 heteroatoms. The number of aromatic amines is 1. The van der Waals surface area contributed by atoms with Crippen molar-refractivity contribution >= 4 is 16.7 Å². The predicted molar refractivity (Wildman–Crippen MR) is 47.1 cm³/mol. The van der Waals surface area contributed by atoms with E-state index in [1.54, 1.807) is 19.5 Å². The number of nitrogen functional groups attached to an aromatic ring is 1. The Kier molecular flexibility index (Phi) is 1.40. The zero-order chi connectivity index (χ0) is 8.55. The van der Waals surface area contributed by atoms with Crippen LogP contribution in [0.3, 0.4) is 0 Å². The number of anilines is 1. The maximum absolute atomic E-state index is 5.71. The van der Waals surface area contributed by atoms with E-state index in [0.717, 1.165) is 16.8 Å². The Morgan fingerprint density at radius 1 is 1.50 bits per heavy atom. The smallest absolute Gasteiger partial charge is 0.123 e. The average molecular weight is 163 g/mol. The molecule has 0 saturated heterocycles. The van der Waals surface area contributed by atoms with Crippen molar-refractivity contribution in [2.75, 3.05) is 12.8 Å². The van der Waals surface area contributed by atoms with Gasteiger partial charge in [-0.3, -0.25) is 0 Å². The van der Waals surface area contributed by atoms with Crippen LogP contribution >= 0.6 is 0 Å². The largest absolute Gasteiger partial charge is 0.497 e. The van der Waals surface area contributed by atoms with Gasteiger partial charge < -0.3 is 15.5 Å². The lowest BCUT2D eigenvalue weighted by Crippen LogP contribution is -1.89. The fourth-order valence-corrected chi connectivity index (χ4v) is 1.17. The standard InChI is InChI=1S/C8H9N3O/c1-12-5-2-6(9)8-7(3-5)10-4-11-8/h2-4H,9H2,1H3,(H,10,11). The van der Waals surface area contributed by atoms with Gasteiger partial charge in [0.1, 0.15) is 11.3 Å². The Bertz CT molecular complexity index is 408. The zero-order valence-corrected chi connectivity index (χ0v) is 6.66. The van der Waals surface area contributed by atoms with E-state index in [1.165, 1.54) is 0 Å². The van der Waals surface area contributed by atoms with E-state index < -0.39 is 0 Å². The summed E-state index contributed by atoms with van der Waals surface area (Å²) in [6.45, 7) is 0. The second-order valence-corrected chi connectivity index (χ2v) is 2.52. The van der Waals surface area contributed by atoms with Crippen LogP contribution in [0.4, 0.5) is 5.69 Å². The number of methoxy groups -OCH3 is 1. The second kappa shape index (κ2) is 2.41. The van der Waals surface area contributed by atoms with Crippen molar-refractivity contribution < 1.29 is 4.74 Å². The molecule has 12 heavy (non-hydrogen) atoms. The molecule has 0 amide bonds. The van der Waals surface area contributed by atoms with Gasteiger partial charge in [0, 0.05) is 12.1 Å². The number of imidazole rings is 1. The van der Waals surface area contributed by atoms with Crippen LogP contribution in [0.15, 0.2) is 18.5 Å². The van der Waals surface area contributed by atoms with E-state index in [-0.39, 0.29) is 0 Å². The number of hydrogen-bond donors (Lipinski definition) is 2. The molecule has 1 heterocycles. The van der Waals surface area contributed by atoms with Crippen LogP contribution in [-0.4, -0.2) is 17.1 Å². The lowest BCUT2D eigenvalue weighted by molar-refractivity contribution is 0.415. The molecule has 0 fully saturated rings. The van der Waals surface area contributed by atoms with E-state index in [1.807, 2.05) is 6.07 Å². The molecular weight excluding hydrogens is 154 g/mol. The van der Waals surface area contributed by atoms with Crippen LogP contribution in [0.2, 0.25) is 0 Å². The molecule has 0 atom stereocenters. The first-order valence-electron chi connectivity index (χ1n) is 3.58. The summed E-state index contributed by atoms with van der Waals surface area (Å²) in [5.74, 6) is 0.740. The molecule has 0 saturated carbocycles. The van der Waals surface area contributed by atoms with Gasteiger partial charge in [-0.05, 0) is 0 Å². The molecule has 2 rings (SSSR count). The fraction of sp³-hybridized carbons (Fsp3) is 0.125. The third-order valence-corrected chi connectivity index (χ3v) is 1.76. The van der Waals surface area contributed by atoms with E-state index in [9.17, 15) is 0 Å². The Hall–Kier alpha value is -1.71. The van der Waals surface area contributed by atoms with Gasteiger partial charge in [-0.1, -0.05) is 0 Å². The molecule has 62 valence electrons. The Labute approximate surface area is 69.4 Å².